The Labute approximate surface area is 104 Å². The minimum absolute atomic E-state index is 0.290. The first-order valence-electron chi connectivity index (χ1n) is 5.08. The molecule has 0 aliphatic heterocycles. The molecule has 0 aliphatic carbocycles. The highest BCUT2D eigenvalue weighted by molar-refractivity contribution is 6.26. The van der Waals surface area contributed by atoms with Crippen LogP contribution >= 0.6 is 0 Å². The number of carbonyl (C=O) groups excluding carboxylic acids is 3. The second-order valence-electron chi connectivity index (χ2n) is 3.27. The Balaban J connectivity index is 3.13. The van der Waals surface area contributed by atoms with Crippen LogP contribution in [0.1, 0.15) is 10.4 Å². The van der Waals surface area contributed by atoms with E-state index in [1.807, 2.05) is 0 Å². The molecule has 5 nitrogen and oxygen atoms in total. The van der Waals surface area contributed by atoms with Gasteiger partial charge in [-0.25, -0.2) is 9.59 Å². The number of rotatable bonds is 4. The van der Waals surface area contributed by atoms with E-state index in [1.54, 1.807) is 18.2 Å². The van der Waals surface area contributed by atoms with Crippen LogP contribution in [0.3, 0.4) is 0 Å². The minimum Gasteiger partial charge on any atom is -0.466 e. The van der Waals surface area contributed by atoms with Gasteiger partial charge < -0.3 is 9.47 Å². The summed E-state index contributed by atoms with van der Waals surface area (Å²) in [6.07, 6.45) is 0.821. The molecule has 0 radical (unpaired) electrons. The molecule has 0 unspecified atom stereocenters. The van der Waals surface area contributed by atoms with Crippen molar-refractivity contribution in [3.05, 3.63) is 47.5 Å². The van der Waals surface area contributed by atoms with E-state index >= 15 is 0 Å². The van der Waals surface area contributed by atoms with Gasteiger partial charge in [-0.2, -0.15) is 0 Å². The molecule has 0 aliphatic rings. The van der Waals surface area contributed by atoms with E-state index in [9.17, 15) is 14.4 Å². The lowest BCUT2D eigenvalue weighted by atomic mass is 10.0. The molecule has 0 N–H and O–H groups in total. The number of carbonyl (C=O) groups is 3. The molecule has 0 saturated carbocycles. The predicted octanol–water partition coefficient (Wildman–Crippen LogP) is 1.14. The van der Waals surface area contributed by atoms with Crippen LogP contribution in [-0.2, 0) is 19.1 Å². The van der Waals surface area contributed by atoms with Crippen LogP contribution in [0, 0.1) is 0 Å². The SMILES string of the molecule is COC(=O)/C=C(/C(=O)OC)C(=O)c1ccccc1. The minimum atomic E-state index is -0.880. The number of benzene rings is 1. The normalized spacial score (nSPS) is 10.7. The van der Waals surface area contributed by atoms with Gasteiger partial charge in [0.25, 0.3) is 0 Å². The van der Waals surface area contributed by atoms with E-state index in [1.165, 1.54) is 12.1 Å². The third kappa shape index (κ3) is 3.28. The molecule has 0 amide bonds. The van der Waals surface area contributed by atoms with Crippen LogP contribution in [0.2, 0.25) is 0 Å². The predicted molar refractivity (Wildman–Crippen MR) is 62.9 cm³/mol. The van der Waals surface area contributed by atoms with Crippen LogP contribution in [-0.4, -0.2) is 31.9 Å². The fourth-order valence-corrected chi connectivity index (χ4v) is 1.25. The summed E-state index contributed by atoms with van der Waals surface area (Å²) in [6.45, 7) is 0. The van der Waals surface area contributed by atoms with Crippen molar-refractivity contribution >= 4 is 17.7 Å². The van der Waals surface area contributed by atoms with Crippen LogP contribution in [0.25, 0.3) is 0 Å². The smallest absolute Gasteiger partial charge is 0.342 e. The molecule has 0 atom stereocenters. The highest BCUT2D eigenvalue weighted by atomic mass is 16.5. The van der Waals surface area contributed by atoms with E-state index < -0.39 is 17.7 Å². The van der Waals surface area contributed by atoms with Crippen LogP contribution < -0.4 is 0 Å². The topological polar surface area (TPSA) is 69.7 Å². The summed E-state index contributed by atoms with van der Waals surface area (Å²) >= 11 is 0. The fourth-order valence-electron chi connectivity index (χ4n) is 1.25. The summed E-state index contributed by atoms with van der Waals surface area (Å²) in [5.74, 6) is -2.26. The standard InChI is InChI=1S/C13H12O5/c1-17-11(14)8-10(13(16)18-2)12(15)9-6-4-3-5-7-9/h3-8H,1-2H3/b10-8+. The second-order valence-corrected chi connectivity index (χ2v) is 3.27. The first-order valence-corrected chi connectivity index (χ1v) is 5.08. The van der Waals surface area contributed by atoms with Crippen LogP contribution in [0.5, 0.6) is 0 Å². The average molecular weight is 248 g/mol. The van der Waals surface area contributed by atoms with Gasteiger partial charge >= 0.3 is 11.9 Å². The molecule has 1 rings (SSSR count). The van der Waals surface area contributed by atoms with Crippen LogP contribution in [0.15, 0.2) is 42.0 Å². The molecule has 0 heterocycles. The van der Waals surface area contributed by atoms with Gasteiger partial charge in [-0.1, -0.05) is 30.3 Å². The van der Waals surface area contributed by atoms with Gasteiger partial charge in [0.15, 0.2) is 0 Å². The number of ether oxygens (including phenoxy) is 2. The largest absolute Gasteiger partial charge is 0.466 e. The summed E-state index contributed by atoms with van der Waals surface area (Å²) < 4.78 is 8.85. The van der Waals surface area contributed by atoms with Crippen molar-refractivity contribution in [3.8, 4) is 0 Å². The summed E-state index contributed by atoms with van der Waals surface area (Å²) in [6, 6.07) is 8.12. The quantitative estimate of drug-likeness (QED) is 0.263. The van der Waals surface area contributed by atoms with E-state index in [4.69, 9.17) is 0 Å². The maximum atomic E-state index is 12.0. The van der Waals surface area contributed by atoms with Crippen molar-refractivity contribution in [2.75, 3.05) is 14.2 Å². The van der Waals surface area contributed by atoms with Crippen molar-refractivity contribution in [1.82, 2.24) is 0 Å². The zero-order chi connectivity index (χ0) is 13.5. The summed E-state index contributed by atoms with van der Waals surface area (Å²) in [5.41, 5.74) is -0.0754. The summed E-state index contributed by atoms with van der Waals surface area (Å²) in [4.78, 5) is 34.6. The molecule has 18 heavy (non-hydrogen) atoms. The molecule has 94 valence electrons. The summed E-state index contributed by atoms with van der Waals surface area (Å²) in [7, 11) is 2.28. The van der Waals surface area contributed by atoms with E-state index in [0.29, 0.717) is 0 Å². The molecule has 0 saturated heterocycles. The Hall–Kier alpha value is -2.43. The first kappa shape index (κ1) is 13.6. The Bertz CT molecular complexity index is 487. The van der Waals surface area contributed by atoms with E-state index in [0.717, 1.165) is 20.3 Å². The number of Topliss-reactive ketones (excluding diaryl/α,β-unsaturated/α-hetero) is 1. The van der Waals surface area contributed by atoms with Gasteiger partial charge in [0.05, 0.1) is 14.2 Å². The number of esters is 2. The Kier molecular flexibility index (Phi) is 4.80. The van der Waals surface area contributed by atoms with Crippen molar-refractivity contribution in [2.45, 2.75) is 0 Å². The summed E-state index contributed by atoms with van der Waals surface area (Å²) in [5, 5.41) is 0. The van der Waals surface area contributed by atoms with Crippen molar-refractivity contribution in [2.24, 2.45) is 0 Å². The second kappa shape index (κ2) is 6.34. The van der Waals surface area contributed by atoms with Gasteiger partial charge in [-0.05, 0) is 0 Å². The zero-order valence-corrected chi connectivity index (χ0v) is 10.0. The Morgan fingerprint density at radius 2 is 1.61 bits per heavy atom. The molecule has 0 fully saturated rings. The first-order chi connectivity index (χ1) is 8.60. The molecule has 0 aromatic heterocycles. The number of hydrogen-bond acceptors (Lipinski definition) is 5. The fraction of sp³-hybridized carbons (Fsp3) is 0.154. The van der Waals surface area contributed by atoms with E-state index in [-0.39, 0.29) is 11.1 Å². The molecular weight excluding hydrogens is 236 g/mol. The van der Waals surface area contributed by atoms with Crippen LogP contribution in [0.4, 0.5) is 0 Å². The number of methoxy groups -OCH3 is 2. The maximum Gasteiger partial charge on any atom is 0.342 e. The Morgan fingerprint density at radius 1 is 1.00 bits per heavy atom. The van der Waals surface area contributed by atoms with Crippen molar-refractivity contribution in [3.63, 3.8) is 0 Å². The lowest BCUT2D eigenvalue weighted by Gasteiger charge is -2.04. The highest BCUT2D eigenvalue weighted by Gasteiger charge is 2.21. The number of ketones is 1. The molecule has 1 aromatic carbocycles. The highest BCUT2D eigenvalue weighted by Crippen LogP contribution is 2.10. The molecule has 5 heteroatoms. The molecule has 1 aromatic rings. The number of hydrogen-bond donors (Lipinski definition) is 0. The monoisotopic (exact) mass is 248 g/mol. The van der Waals surface area contributed by atoms with Gasteiger partial charge in [0, 0.05) is 11.6 Å². The zero-order valence-electron chi connectivity index (χ0n) is 10.0. The third-order valence-corrected chi connectivity index (χ3v) is 2.15. The van der Waals surface area contributed by atoms with Gasteiger partial charge in [0.1, 0.15) is 5.57 Å². The Morgan fingerprint density at radius 3 is 2.11 bits per heavy atom. The van der Waals surface area contributed by atoms with E-state index in [2.05, 4.69) is 9.47 Å². The lowest BCUT2D eigenvalue weighted by molar-refractivity contribution is -0.138. The van der Waals surface area contributed by atoms with Crippen molar-refractivity contribution in [1.29, 1.82) is 0 Å². The maximum absolute atomic E-state index is 12.0. The van der Waals surface area contributed by atoms with Crippen molar-refractivity contribution < 1.29 is 23.9 Å². The molecule has 0 spiro atoms. The average Bonchev–Trinajstić information content (AvgIpc) is 2.43. The van der Waals surface area contributed by atoms with Gasteiger partial charge in [-0.15, -0.1) is 0 Å². The molecule has 0 bridgehead atoms. The van der Waals surface area contributed by atoms with Gasteiger partial charge in [0.2, 0.25) is 5.78 Å². The molecular formula is C13H12O5. The lowest BCUT2D eigenvalue weighted by Crippen LogP contribution is -2.16. The third-order valence-electron chi connectivity index (χ3n) is 2.15. The van der Waals surface area contributed by atoms with Gasteiger partial charge in [-0.3, -0.25) is 4.79 Å².